The molecule has 0 aliphatic carbocycles. The number of hydrogen-bond donors (Lipinski definition) is 1. The number of imidazole rings is 1. The minimum Gasteiger partial charge on any atom is -0.473 e. The molecule has 0 atom stereocenters. The Morgan fingerprint density at radius 3 is 2.36 bits per heavy atom. The van der Waals surface area contributed by atoms with Gasteiger partial charge in [-0.1, -0.05) is 6.26 Å². The van der Waals surface area contributed by atoms with Crippen LogP contribution in [0.15, 0.2) is 25.0 Å². The number of rotatable bonds is 1. The van der Waals surface area contributed by atoms with Gasteiger partial charge in [-0.2, -0.15) is 0 Å². The lowest BCUT2D eigenvalue weighted by Gasteiger charge is -1.77. The Morgan fingerprint density at radius 2 is 2.27 bits per heavy atom. The van der Waals surface area contributed by atoms with E-state index in [2.05, 4.69) is 11.5 Å². The highest BCUT2D eigenvalue weighted by atomic mass is 17.1. The van der Waals surface area contributed by atoms with Crippen LogP contribution in [0.5, 0.6) is 0 Å². The van der Waals surface area contributed by atoms with E-state index >= 15 is 0 Å². The van der Waals surface area contributed by atoms with Gasteiger partial charge in [-0.3, -0.25) is 0 Å². The summed E-state index contributed by atoms with van der Waals surface area (Å²) >= 11 is 0. The molecule has 4 nitrogen and oxygen atoms in total. The normalized spacial score (nSPS) is 7.91. The van der Waals surface area contributed by atoms with Gasteiger partial charge in [-0.25, -0.2) is 14.4 Å². The molecule has 0 saturated carbocycles. The molecule has 1 aromatic heterocycles. The minimum atomic E-state index is 0.681. The second-order valence-electron chi connectivity index (χ2n) is 1.99. The van der Waals surface area contributed by atoms with Crippen LogP contribution in [0, 0.1) is 6.58 Å². The van der Waals surface area contributed by atoms with Gasteiger partial charge in [0.1, 0.15) is 12.4 Å². The average Bonchev–Trinajstić information content (AvgIpc) is 2.35. The molecule has 1 N–H and O–H groups in total. The average molecular weight is 156 g/mol. The maximum atomic E-state index is 7.19. The number of hydrogen-bond acceptors (Lipinski definition) is 2. The summed E-state index contributed by atoms with van der Waals surface area (Å²) in [5.74, 6) is 0. The van der Waals surface area contributed by atoms with Crippen LogP contribution < -0.4 is 4.57 Å². The van der Waals surface area contributed by atoms with Gasteiger partial charge in [-0.05, 0) is 0 Å². The predicted molar refractivity (Wildman–Crippen MR) is 39.2 cm³/mol. The maximum absolute atomic E-state index is 7.19. The van der Waals surface area contributed by atoms with E-state index in [-0.39, 0.29) is 0 Å². The third-order valence-corrected chi connectivity index (χ3v) is 0.962. The summed E-state index contributed by atoms with van der Waals surface area (Å²) in [6.45, 7) is 4.43. The first-order valence-electron chi connectivity index (χ1n) is 3.01. The van der Waals surface area contributed by atoms with Crippen molar-refractivity contribution in [1.82, 2.24) is 4.57 Å². The van der Waals surface area contributed by atoms with E-state index in [0.717, 1.165) is 0 Å². The molecule has 0 unspecified atom stereocenters. The van der Waals surface area contributed by atoms with Crippen molar-refractivity contribution in [1.29, 1.82) is 0 Å². The van der Waals surface area contributed by atoms with Crippen molar-refractivity contribution in [2.24, 2.45) is 14.1 Å². The van der Waals surface area contributed by atoms with Crippen LogP contribution in [0.25, 0.3) is 0 Å². The molecule has 1 aromatic rings. The molecule has 0 aromatic carbocycles. The highest BCUT2D eigenvalue weighted by Gasteiger charge is 1.87. The van der Waals surface area contributed by atoms with E-state index in [0.29, 0.717) is 6.26 Å². The first kappa shape index (κ1) is 9.71. The Labute approximate surface area is 65.9 Å². The molecule has 1 rings (SSSR count). The maximum Gasteiger partial charge on any atom is 0.243 e. The Kier molecular flexibility index (Phi) is 4.85. The van der Waals surface area contributed by atoms with E-state index in [1.165, 1.54) is 0 Å². The van der Waals surface area contributed by atoms with Gasteiger partial charge in [0.05, 0.1) is 14.1 Å². The van der Waals surface area contributed by atoms with Crippen LogP contribution in [0.4, 0.5) is 0 Å². The minimum absolute atomic E-state index is 0.681. The van der Waals surface area contributed by atoms with Crippen molar-refractivity contribution in [3.05, 3.63) is 31.6 Å². The smallest absolute Gasteiger partial charge is 0.243 e. The Balaban J connectivity index is 0.000000218. The third-order valence-electron chi connectivity index (χ3n) is 0.962. The summed E-state index contributed by atoms with van der Waals surface area (Å²) in [4.78, 5) is 3.19. The molecule has 0 bridgehead atoms. The lowest BCUT2D eigenvalue weighted by atomic mass is 10.9. The molecule has 0 radical (unpaired) electrons. The van der Waals surface area contributed by atoms with Crippen LogP contribution in [-0.2, 0) is 19.0 Å². The molecule has 1 heterocycles. The van der Waals surface area contributed by atoms with Crippen LogP contribution in [0.2, 0.25) is 0 Å². The summed E-state index contributed by atoms with van der Waals surface area (Å²) < 4.78 is 4.00. The summed E-state index contributed by atoms with van der Waals surface area (Å²) in [6.07, 6.45) is 6.68. The van der Waals surface area contributed by atoms with Gasteiger partial charge in [0.2, 0.25) is 6.33 Å². The van der Waals surface area contributed by atoms with Gasteiger partial charge in [0, 0.05) is 0 Å². The second kappa shape index (κ2) is 5.49. The molecule has 11 heavy (non-hydrogen) atoms. The molecule has 62 valence electrons. The van der Waals surface area contributed by atoms with E-state index in [9.17, 15) is 0 Å². The molecule has 0 saturated heterocycles. The highest BCUT2D eigenvalue weighted by molar-refractivity contribution is 4.60. The van der Waals surface area contributed by atoms with Gasteiger partial charge in [0.25, 0.3) is 0 Å². The monoisotopic (exact) mass is 156 g/mol. The zero-order valence-corrected chi connectivity index (χ0v) is 6.64. The van der Waals surface area contributed by atoms with E-state index in [1.807, 2.05) is 42.0 Å². The number of nitrogens with zero attached hydrogens (tertiary/aromatic N) is 2. The highest BCUT2D eigenvalue weighted by Crippen LogP contribution is 1.70. The van der Waals surface area contributed by atoms with Gasteiger partial charge in [0.15, 0.2) is 0 Å². The molecular weight excluding hydrogens is 144 g/mol. The molecule has 0 fully saturated rings. The van der Waals surface area contributed by atoms with E-state index < -0.39 is 0 Å². The van der Waals surface area contributed by atoms with Gasteiger partial charge < -0.3 is 11.5 Å². The van der Waals surface area contributed by atoms with E-state index in [1.54, 1.807) is 0 Å². The SMILES string of the molecule is Cn1cc[n+](C)c1.[CH-]=COO. The van der Waals surface area contributed by atoms with Crippen LogP contribution in [-0.4, -0.2) is 9.82 Å². The van der Waals surface area contributed by atoms with Crippen molar-refractivity contribution >= 4 is 0 Å². The van der Waals surface area contributed by atoms with Crippen molar-refractivity contribution in [3.63, 3.8) is 0 Å². The first-order valence-corrected chi connectivity index (χ1v) is 3.01. The molecule has 0 amide bonds. The summed E-state index contributed by atoms with van der Waals surface area (Å²) in [5, 5.41) is 7.19. The molecular formula is C7H12N2O2. The Bertz CT molecular complexity index is 191. The molecule has 0 aliphatic heterocycles. The quantitative estimate of drug-likeness (QED) is 0.208. The van der Waals surface area contributed by atoms with Gasteiger partial charge >= 0.3 is 0 Å². The molecule has 0 spiro atoms. The molecule has 4 heteroatoms. The van der Waals surface area contributed by atoms with Crippen LogP contribution in [0.1, 0.15) is 0 Å². The lowest BCUT2D eigenvalue weighted by Crippen LogP contribution is -2.23. The van der Waals surface area contributed by atoms with E-state index in [4.69, 9.17) is 5.26 Å². The summed E-state index contributed by atoms with van der Waals surface area (Å²) in [6, 6.07) is 0. The topological polar surface area (TPSA) is 38.3 Å². The van der Waals surface area contributed by atoms with Crippen LogP contribution in [0.3, 0.4) is 0 Å². The van der Waals surface area contributed by atoms with Crippen molar-refractivity contribution < 1.29 is 14.7 Å². The number of aromatic nitrogens is 2. The zero-order chi connectivity index (χ0) is 8.69. The zero-order valence-electron chi connectivity index (χ0n) is 6.64. The van der Waals surface area contributed by atoms with Crippen LogP contribution >= 0.6 is 0 Å². The third kappa shape index (κ3) is 5.17. The predicted octanol–water partition coefficient (Wildman–Crippen LogP) is 0.272. The fourth-order valence-corrected chi connectivity index (χ4v) is 0.575. The summed E-state index contributed by atoms with van der Waals surface area (Å²) in [5.41, 5.74) is 0. The Hall–Kier alpha value is -1.29. The van der Waals surface area contributed by atoms with Crippen molar-refractivity contribution in [2.45, 2.75) is 0 Å². The molecule has 0 aliphatic rings. The summed E-state index contributed by atoms with van der Waals surface area (Å²) in [7, 11) is 4.00. The first-order chi connectivity index (χ1) is 5.20. The standard InChI is InChI=1S/C5H9N2.C2H3O2/c1-6-3-4-7(2)5-6;1-2-4-3/h3-5H,1-2H3;1-3H/q+1;-1. The number of aryl methyl sites for hydroxylation is 2. The fourth-order valence-electron chi connectivity index (χ4n) is 0.575. The van der Waals surface area contributed by atoms with Crippen molar-refractivity contribution in [3.8, 4) is 0 Å². The van der Waals surface area contributed by atoms with Gasteiger partial charge in [-0.15, -0.1) is 0 Å². The second-order valence-corrected chi connectivity index (χ2v) is 1.99. The largest absolute Gasteiger partial charge is 0.473 e. The Morgan fingerprint density at radius 1 is 1.73 bits per heavy atom. The lowest BCUT2D eigenvalue weighted by molar-refractivity contribution is -0.670. The van der Waals surface area contributed by atoms with Crippen molar-refractivity contribution in [2.75, 3.05) is 0 Å². The fraction of sp³-hybridized carbons (Fsp3) is 0.286.